The lowest BCUT2D eigenvalue weighted by Gasteiger charge is -2.46. The maximum atomic E-state index is 13.6. The molecule has 6 rings (SSSR count). The van der Waals surface area contributed by atoms with Crippen LogP contribution in [0.2, 0.25) is 0 Å². The summed E-state index contributed by atoms with van der Waals surface area (Å²) in [6.07, 6.45) is 5.22. The number of rotatable bonds is 6. The number of hydrogen-bond acceptors (Lipinski definition) is 6. The summed E-state index contributed by atoms with van der Waals surface area (Å²) in [7, 11) is 4.17. The number of nitrogens with one attached hydrogen (secondary N) is 3. The highest BCUT2D eigenvalue weighted by molar-refractivity contribution is 8.04. The van der Waals surface area contributed by atoms with Crippen molar-refractivity contribution in [2.75, 3.05) is 25.5 Å². The molecule has 2 aromatic carbocycles. The first-order valence-electron chi connectivity index (χ1n) is 14.0. The number of urea groups is 1. The van der Waals surface area contributed by atoms with E-state index >= 15 is 0 Å². The highest BCUT2D eigenvalue weighted by Gasteiger charge is 2.52. The van der Waals surface area contributed by atoms with E-state index in [9.17, 15) is 9.59 Å². The molecule has 0 bridgehead atoms. The minimum atomic E-state index is -0.177. The van der Waals surface area contributed by atoms with Crippen LogP contribution in [-0.4, -0.2) is 61.0 Å². The average molecular weight is 548 g/mol. The van der Waals surface area contributed by atoms with Crippen molar-refractivity contribution in [1.82, 2.24) is 20.9 Å². The maximum absolute atomic E-state index is 13.6. The molecule has 3 amide bonds. The maximum Gasteiger partial charge on any atom is 0.326 e. The molecule has 4 aliphatic rings. The zero-order valence-electron chi connectivity index (χ0n) is 22.8. The zero-order valence-corrected chi connectivity index (χ0v) is 23.6. The number of hydrogen-bond donors (Lipinski definition) is 3. The van der Waals surface area contributed by atoms with E-state index < -0.39 is 0 Å². The van der Waals surface area contributed by atoms with Gasteiger partial charge in [0.05, 0.1) is 16.3 Å². The number of benzene rings is 2. The molecule has 0 aromatic heterocycles. The van der Waals surface area contributed by atoms with Gasteiger partial charge < -0.3 is 25.6 Å². The highest BCUT2D eigenvalue weighted by atomic mass is 32.2. The average Bonchev–Trinajstić information content (AvgIpc) is 3.30. The minimum Gasteiger partial charge on any atom is -0.457 e. The second-order valence-corrected chi connectivity index (χ2v) is 12.3. The zero-order chi connectivity index (χ0) is 27.1. The third kappa shape index (κ3) is 5.03. The third-order valence-corrected chi connectivity index (χ3v) is 9.82. The van der Waals surface area contributed by atoms with E-state index in [-0.39, 0.29) is 35.3 Å². The molecule has 3 unspecified atom stereocenters. The van der Waals surface area contributed by atoms with E-state index in [4.69, 9.17) is 4.74 Å². The summed E-state index contributed by atoms with van der Waals surface area (Å²) in [5, 5.41) is 10.1. The van der Waals surface area contributed by atoms with Crippen LogP contribution >= 0.6 is 11.8 Å². The normalized spacial score (nSPS) is 28.3. The molecule has 9 heteroatoms. The monoisotopic (exact) mass is 547 g/mol. The Bertz CT molecular complexity index is 1280. The molecule has 1 saturated carbocycles. The van der Waals surface area contributed by atoms with Gasteiger partial charge in [-0.25, -0.2) is 4.79 Å². The first-order chi connectivity index (χ1) is 18.9. The second kappa shape index (κ2) is 10.9. The summed E-state index contributed by atoms with van der Waals surface area (Å²) >= 11 is 1.57. The smallest absolute Gasteiger partial charge is 0.326 e. The number of thioether (sulfide) groups is 1. The Kier molecular flexibility index (Phi) is 7.31. The lowest BCUT2D eigenvalue weighted by Crippen LogP contribution is -2.62. The molecule has 3 fully saturated rings. The number of ether oxygens (including phenoxy) is 1. The van der Waals surface area contributed by atoms with Crippen LogP contribution in [0, 0.1) is 12.8 Å². The molecule has 2 aromatic rings. The van der Waals surface area contributed by atoms with Crippen LogP contribution in [0.5, 0.6) is 11.5 Å². The van der Waals surface area contributed by atoms with Crippen LogP contribution < -0.4 is 25.6 Å². The standard InChI is InChI=1S/C30H37N5O3S/c1-18-17-20(38-19-9-5-4-6-10-19)13-14-22(18)35-24-15-16-31-29-25(24)26(33-30(35)37)27(39-29)28(36)32-21-11-7-8-12-23(21)34(2)3/h4-6,9-10,13-14,17,21,23-25,29,31H,7-8,11-12,15-16H2,1-3H3,(H,32,36)(H,33,37)/t21-,23+,24?,25?,29?/m1/s1. The van der Waals surface area contributed by atoms with Crippen molar-refractivity contribution < 1.29 is 14.3 Å². The fourth-order valence-electron chi connectivity index (χ4n) is 6.62. The van der Waals surface area contributed by atoms with E-state index in [1.165, 1.54) is 6.42 Å². The molecule has 5 atom stereocenters. The van der Waals surface area contributed by atoms with Crippen molar-refractivity contribution in [3.63, 3.8) is 0 Å². The van der Waals surface area contributed by atoms with E-state index in [0.717, 1.165) is 60.7 Å². The lowest BCUT2D eigenvalue weighted by atomic mass is 9.86. The Hall–Kier alpha value is -3.01. The van der Waals surface area contributed by atoms with E-state index in [2.05, 4.69) is 34.9 Å². The summed E-state index contributed by atoms with van der Waals surface area (Å²) in [6.45, 7) is 2.81. The van der Waals surface area contributed by atoms with Crippen molar-refractivity contribution >= 4 is 29.4 Å². The number of amides is 3. The van der Waals surface area contributed by atoms with Crippen LogP contribution in [0.15, 0.2) is 59.1 Å². The van der Waals surface area contributed by atoms with Gasteiger partial charge in [-0.15, -0.1) is 0 Å². The molecular formula is C30H37N5O3S. The van der Waals surface area contributed by atoms with Crippen molar-refractivity contribution in [3.05, 3.63) is 64.7 Å². The van der Waals surface area contributed by atoms with Crippen LogP contribution in [0.1, 0.15) is 37.7 Å². The Labute approximate surface area is 234 Å². The van der Waals surface area contributed by atoms with Gasteiger partial charge in [-0.3, -0.25) is 9.69 Å². The second-order valence-electron chi connectivity index (χ2n) is 11.2. The molecule has 206 valence electrons. The van der Waals surface area contributed by atoms with E-state index in [1.807, 2.05) is 60.4 Å². The topological polar surface area (TPSA) is 85.9 Å². The number of aryl methyl sites for hydroxylation is 1. The summed E-state index contributed by atoms with van der Waals surface area (Å²) in [5.74, 6) is 1.47. The molecule has 2 saturated heterocycles. The van der Waals surface area contributed by atoms with Crippen molar-refractivity contribution in [2.24, 2.45) is 5.92 Å². The fraction of sp³-hybridized carbons (Fsp3) is 0.467. The van der Waals surface area contributed by atoms with Gasteiger partial charge in [0.15, 0.2) is 0 Å². The number of carbonyl (C=O) groups excluding carboxylic acids is 2. The molecule has 1 aliphatic carbocycles. The molecule has 3 heterocycles. The van der Waals surface area contributed by atoms with Gasteiger partial charge in [0.25, 0.3) is 5.91 Å². The lowest BCUT2D eigenvalue weighted by molar-refractivity contribution is -0.118. The molecule has 3 aliphatic heterocycles. The number of anilines is 1. The van der Waals surface area contributed by atoms with E-state index in [0.29, 0.717) is 10.9 Å². The highest BCUT2D eigenvalue weighted by Crippen LogP contribution is 2.48. The van der Waals surface area contributed by atoms with Crippen molar-refractivity contribution in [3.8, 4) is 11.5 Å². The van der Waals surface area contributed by atoms with Gasteiger partial charge in [0, 0.05) is 29.4 Å². The van der Waals surface area contributed by atoms with Gasteiger partial charge in [-0.2, -0.15) is 0 Å². The number of likely N-dealkylation sites (N-methyl/N-ethyl adjacent to an activating group) is 1. The third-order valence-electron chi connectivity index (χ3n) is 8.46. The van der Waals surface area contributed by atoms with Crippen LogP contribution in [0.3, 0.4) is 0 Å². The van der Waals surface area contributed by atoms with Crippen LogP contribution in [0.4, 0.5) is 10.5 Å². The Morgan fingerprint density at radius 2 is 1.87 bits per heavy atom. The summed E-state index contributed by atoms with van der Waals surface area (Å²) in [6, 6.07) is 15.8. The number of carbonyl (C=O) groups is 2. The summed E-state index contributed by atoms with van der Waals surface area (Å²) < 4.78 is 6.02. The Morgan fingerprint density at radius 1 is 1.08 bits per heavy atom. The molecule has 39 heavy (non-hydrogen) atoms. The summed E-state index contributed by atoms with van der Waals surface area (Å²) in [4.78, 5) is 32.0. The van der Waals surface area contributed by atoms with Gasteiger partial charge in [-0.1, -0.05) is 42.8 Å². The molecule has 0 spiro atoms. The quantitative estimate of drug-likeness (QED) is 0.491. The fourth-order valence-corrected chi connectivity index (χ4v) is 8.02. The Morgan fingerprint density at radius 3 is 2.64 bits per heavy atom. The van der Waals surface area contributed by atoms with Crippen molar-refractivity contribution in [2.45, 2.75) is 62.5 Å². The van der Waals surface area contributed by atoms with Gasteiger partial charge in [0.1, 0.15) is 11.5 Å². The van der Waals surface area contributed by atoms with Crippen molar-refractivity contribution in [1.29, 1.82) is 0 Å². The SMILES string of the molecule is Cc1cc(Oc2ccccc2)ccc1N1C(=O)NC2=C(C(=O)N[C@@H]3CCCC[C@@H]3N(C)C)SC3NCCC1C23. The summed E-state index contributed by atoms with van der Waals surface area (Å²) in [5.41, 5.74) is 2.62. The predicted molar refractivity (Wildman–Crippen MR) is 155 cm³/mol. The number of piperidine rings is 1. The van der Waals surface area contributed by atoms with Gasteiger partial charge in [0.2, 0.25) is 0 Å². The van der Waals surface area contributed by atoms with Gasteiger partial charge in [-0.05, 0) is 82.7 Å². The largest absolute Gasteiger partial charge is 0.457 e. The minimum absolute atomic E-state index is 0.0258. The first kappa shape index (κ1) is 26.2. The van der Waals surface area contributed by atoms with E-state index in [1.54, 1.807) is 11.8 Å². The number of para-hydroxylation sites is 1. The predicted octanol–water partition coefficient (Wildman–Crippen LogP) is 4.57. The van der Waals surface area contributed by atoms with Crippen LogP contribution in [-0.2, 0) is 4.79 Å². The van der Waals surface area contributed by atoms with Gasteiger partial charge >= 0.3 is 6.03 Å². The molecule has 0 radical (unpaired) electrons. The first-order valence-corrected chi connectivity index (χ1v) is 14.8. The molecule has 8 nitrogen and oxygen atoms in total. The van der Waals surface area contributed by atoms with Crippen LogP contribution in [0.25, 0.3) is 0 Å². The molecule has 3 N–H and O–H groups in total. The number of nitrogens with zero attached hydrogens (tertiary/aromatic N) is 2. The molecular weight excluding hydrogens is 510 g/mol. The Balaban J connectivity index is 1.24.